The summed E-state index contributed by atoms with van der Waals surface area (Å²) < 4.78 is 5.58. The second kappa shape index (κ2) is 6.49. The van der Waals surface area contributed by atoms with E-state index in [-0.39, 0.29) is 12.3 Å². The lowest BCUT2D eigenvalue weighted by Crippen LogP contribution is -2.27. The Morgan fingerprint density at radius 1 is 1.58 bits per heavy atom. The third kappa shape index (κ3) is 3.65. The maximum atomic E-state index is 11.7. The number of oxazole rings is 1. The van der Waals surface area contributed by atoms with Gasteiger partial charge in [-0.3, -0.25) is 4.79 Å². The lowest BCUT2D eigenvalue weighted by atomic mass is 10.2. The highest BCUT2D eigenvalue weighted by atomic mass is 32.1. The molecule has 19 heavy (non-hydrogen) atoms. The van der Waals surface area contributed by atoms with Gasteiger partial charge in [-0.2, -0.15) is 11.3 Å². The number of hydrogen-bond acceptors (Lipinski definition) is 5. The number of amides is 1. The third-order valence-corrected chi connectivity index (χ3v) is 3.38. The lowest BCUT2D eigenvalue weighted by molar-refractivity contribution is -0.120. The molecule has 0 aliphatic heterocycles. The van der Waals surface area contributed by atoms with E-state index >= 15 is 0 Å². The molecule has 1 amide bonds. The Hall–Kier alpha value is -1.66. The first-order valence-electron chi connectivity index (χ1n) is 6.16. The first-order valence-corrected chi connectivity index (χ1v) is 7.10. The molecule has 0 bridgehead atoms. The fourth-order valence-electron chi connectivity index (χ4n) is 1.65. The summed E-state index contributed by atoms with van der Waals surface area (Å²) >= 11 is 1.59. The van der Waals surface area contributed by atoms with Crippen LogP contribution in [0, 0.1) is 6.92 Å². The highest BCUT2D eigenvalue weighted by molar-refractivity contribution is 7.08. The summed E-state index contributed by atoms with van der Waals surface area (Å²) in [6, 6.07) is 1.95. The van der Waals surface area contributed by atoms with Gasteiger partial charge in [-0.1, -0.05) is 0 Å². The molecule has 0 unspecified atom stereocenters. The number of nitrogens with zero attached hydrogens (tertiary/aromatic N) is 1. The van der Waals surface area contributed by atoms with Crippen LogP contribution in [0.1, 0.15) is 17.9 Å². The fourth-order valence-corrected chi connectivity index (χ4v) is 2.28. The maximum Gasteiger partial charge on any atom is 0.227 e. The minimum Gasteiger partial charge on any atom is -0.441 e. The summed E-state index contributed by atoms with van der Waals surface area (Å²) in [5.41, 5.74) is 7.00. The number of hydrogen-bond donors (Lipinski definition) is 2. The van der Waals surface area contributed by atoms with Crippen molar-refractivity contribution >= 4 is 17.2 Å². The van der Waals surface area contributed by atoms with E-state index in [4.69, 9.17) is 10.2 Å². The third-order valence-electron chi connectivity index (χ3n) is 2.69. The van der Waals surface area contributed by atoms with Crippen LogP contribution in [0.4, 0.5) is 0 Å². The molecule has 2 aromatic rings. The molecule has 0 saturated heterocycles. The molecule has 2 aromatic heterocycles. The van der Waals surface area contributed by atoms with E-state index in [1.54, 1.807) is 11.3 Å². The molecule has 0 aliphatic rings. The highest BCUT2D eigenvalue weighted by Crippen LogP contribution is 2.23. The summed E-state index contributed by atoms with van der Waals surface area (Å²) in [4.78, 5) is 16.1. The average Bonchev–Trinajstić information content (AvgIpc) is 3.00. The largest absolute Gasteiger partial charge is 0.441 e. The molecule has 6 heteroatoms. The predicted molar refractivity (Wildman–Crippen MR) is 74.9 cm³/mol. The zero-order valence-electron chi connectivity index (χ0n) is 10.8. The van der Waals surface area contributed by atoms with Gasteiger partial charge in [0.2, 0.25) is 11.8 Å². The molecule has 2 rings (SSSR count). The summed E-state index contributed by atoms with van der Waals surface area (Å²) in [7, 11) is 0. The minimum absolute atomic E-state index is 0.0540. The number of nitrogens with two attached hydrogens (primary N) is 1. The molecule has 0 aromatic carbocycles. The summed E-state index contributed by atoms with van der Waals surface area (Å²) in [6.45, 7) is 3.00. The van der Waals surface area contributed by atoms with E-state index in [1.807, 2.05) is 23.8 Å². The van der Waals surface area contributed by atoms with Crippen LogP contribution in [0.2, 0.25) is 0 Å². The number of carbonyl (C=O) groups is 1. The van der Waals surface area contributed by atoms with Crippen molar-refractivity contribution in [3.05, 3.63) is 28.3 Å². The monoisotopic (exact) mass is 279 g/mol. The standard InChI is InChI=1S/C13H17N3O2S/c1-9-11(7-12(17)15-5-2-4-14)16-13(18-9)10-3-6-19-8-10/h3,6,8H,2,4-5,7,14H2,1H3,(H,15,17). The smallest absolute Gasteiger partial charge is 0.227 e. The second-order valence-corrected chi connectivity index (χ2v) is 4.98. The SMILES string of the molecule is Cc1oc(-c2ccsc2)nc1CC(=O)NCCCN. The van der Waals surface area contributed by atoms with Crippen molar-refractivity contribution in [2.45, 2.75) is 19.8 Å². The van der Waals surface area contributed by atoms with Crippen molar-refractivity contribution in [2.75, 3.05) is 13.1 Å². The zero-order chi connectivity index (χ0) is 13.7. The van der Waals surface area contributed by atoms with Crippen LogP contribution in [0.5, 0.6) is 0 Å². The van der Waals surface area contributed by atoms with Crippen molar-refractivity contribution in [3.8, 4) is 11.5 Å². The van der Waals surface area contributed by atoms with Crippen LogP contribution in [0.15, 0.2) is 21.2 Å². The topological polar surface area (TPSA) is 81.2 Å². The molecule has 0 radical (unpaired) electrons. The summed E-state index contributed by atoms with van der Waals surface area (Å²) in [5.74, 6) is 1.21. The van der Waals surface area contributed by atoms with Crippen LogP contribution in [-0.2, 0) is 11.2 Å². The van der Waals surface area contributed by atoms with Crippen LogP contribution >= 0.6 is 11.3 Å². The van der Waals surface area contributed by atoms with E-state index in [2.05, 4.69) is 10.3 Å². The van der Waals surface area contributed by atoms with Gasteiger partial charge in [0.05, 0.1) is 12.1 Å². The maximum absolute atomic E-state index is 11.7. The van der Waals surface area contributed by atoms with Gasteiger partial charge in [0.15, 0.2) is 0 Å². The Kier molecular flexibility index (Phi) is 4.70. The Bertz CT molecular complexity index is 534. The van der Waals surface area contributed by atoms with Gasteiger partial charge in [-0.25, -0.2) is 4.98 Å². The quantitative estimate of drug-likeness (QED) is 0.789. The van der Waals surface area contributed by atoms with E-state index in [9.17, 15) is 4.79 Å². The van der Waals surface area contributed by atoms with Crippen LogP contribution in [-0.4, -0.2) is 24.0 Å². The average molecular weight is 279 g/mol. The van der Waals surface area contributed by atoms with Crippen molar-refractivity contribution in [1.82, 2.24) is 10.3 Å². The van der Waals surface area contributed by atoms with E-state index in [1.165, 1.54) is 0 Å². The van der Waals surface area contributed by atoms with Gasteiger partial charge < -0.3 is 15.5 Å². The molecular weight excluding hydrogens is 262 g/mol. The first-order chi connectivity index (χ1) is 9.20. The van der Waals surface area contributed by atoms with E-state index < -0.39 is 0 Å². The molecule has 0 atom stereocenters. The second-order valence-electron chi connectivity index (χ2n) is 4.20. The van der Waals surface area contributed by atoms with Crippen LogP contribution in [0.3, 0.4) is 0 Å². The Morgan fingerprint density at radius 3 is 3.11 bits per heavy atom. The normalized spacial score (nSPS) is 10.6. The zero-order valence-corrected chi connectivity index (χ0v) is 11.6. The van der Waals surface area contributed by atoms with Crippen LogP contribution < -0.4 is 11.1 Å². The minimum atomic E-state index is -0.0540. The molecule has 2 heterocycles. The number of nitrogens with one attached hydrogen (secondary N) is 1. The van der Waals surface area contributed by atoms with Gasteiger partial charge >= 0.3 is 0 Å². The van der Waals surface area contributed by atoms with Gasteiger partial charge in [0, 0.05) is 17.5 Å². The molecule has 102 valence electrons. The highest BCUT2D eigenvalue weighted by Gasteiger charge is 2.14. The van der Waals surface area contributed by atoms with Crippen molar-refractivity contribution in [3.63, 3.8) is 0 Å². The van der Waals surface area contributed by atoms with Gasteiger partial charge in [0.1, 0.15) is 5.76 Å². The van der Waals surface area contributed by atoms with Crippen molar-refractivity contribution in [1.29, 1.82) is 0 Å². The first kappa shape index (κ1) is 13.8. The Balaban J connectivity index is 1.99. The van der Waals surface area contributed by atoms with Crippen molar-refractivity contribution in [2.24, 2.45) is 5.73 Å². The molecule has 5 nitrogen and oxygen atoms in total. The fraction of sp³-hybridized carbons (Fsp3) is 0.385. The summed E-state index contributed by atoms with van der Waals surface area (Å²) in [6.07, 6.45) is 1.02. The van der Waals surface area contributed by atoms with Crippen LogP contribution in [0.25, 0.3) is 11.5 Å². The van der Waals surface area contributed by atoms with E-state index in [0.29, 0.717) is 30.4 Å². The predicted octanol–water partition coefficient (Wildman–Crippen LogP) is 1.72. The van der Waals surface area contributed by atoms with Crippen molar-refractivity contribution < 1.29 is 9.21 Å². The number of thiophene rings is 1. The number of aryl methyl sites for hydroxylation is 1. The molecule has 0 fully saturated rings. The summed E-state index contributed by atoms with van der Waals surface area (Å²) in [5, 5.41) is 6.74. The van der Waals surface area contributed by atoms with Gasteiger partial charge in [-0.15, -0.1) is 0 Å². The Morgan fingerprint density at radius 2 is 2.42 bits per heavy atom. The van der Waals surface area contributed by atoms with Gasteiger partial charge in [0.25, 0.3) is 0 Å². The molecule has 0 saturated carbocycles. The molecule has 0 aliphatic carbocycles. The van der Waals surface area contributed by atoms with Gasteiger partial charge in [-0.05, 0) is 31.3 Å². The number of rotatable bonds is 6. The molecule has 3 N–H and O–H groups in total. The molecule has 0 spiro atoms. The lowest BCUT2D eigenvalue weighted by Gasteiger charge is -2.02. The number of aromatic nitrogens is 1. The van der Waals surface area contributed by atoms with E-state index in [0.717, 1.165) is 12.0 Å². The Labute approximate surface area is 115 Å². The molecular formula is C13H17N3O2S. The number of carbonyl (C=O) groups excluding carboxylic acids is 1.